The number of hydrogen-bond acceptors (Lipinski definition) is 3. The Kier molecular flexibility index (Phi) is 6.43. The second-order valence-electron chi connectivity index (χ2n) is 5.97. The predicted octanol–water partition coefficient (Wildman–Crippen LogP) is 3.79. The highest BCUT2D eigenvalue weighted by molar-refractivity contribution is 5.88. The molecule has 0 heterocycles. The Labute approximate surface area is 127 Å². The summed E-state index contributed by atoms with van der Waals surface area (Å²) in [5.41, 5.74) is 1.77. The molecule has 0 atom stereocenters. The summed E-state index contributed by atoms with van der Waals surface area (Å²) in [6, 6.07) is 7.30. The summed E-state index contributed by atoms with van der Waals surface area (Å²) in [7, 11) is 0. The fourth-order valence-electron chi connectivity index (χ4n) is 1.51. The Bertz CT molecular complexity index is 484. The molecule has 116 valence electrons. The third kappa shape index (κ3) is 8.15. The van der Waals surface area contributed by atoms with Gasteiger partial charge in [0.05, 0.1) is 12.2 Å². The monoisotopic (exact) mass is 291 g/mol. The molecule has 0 unspecified atom stereocenters. The molecule has 1 amide bonds. The molecule has 0 aromatic heterocycles. The van der Waals surface area contributed by atoms with Crippen LogP contribution in [0.5, 0.6) is 5.75 Å². The van der Waals surface area contributed by atoms with Gasteiger partial charge in [0, 0.05) is 12.6 Å². The summed E-state index contributed by atoms with van der Waals surface area (Å²) < 4.78 is 11.3. The van der Waals surface area contributed by atoms with Gasteiger partial charge in [-0.05, 0) is 63.6 Å². The first-order chi connectivity index (χ1) is 9.76. The third-order valence-corrected chi connectivity index (χ3v) is 2.59. The average Bonchev–Trinajstić information content (AvgIpc) is 2.37. The second kappa shape index (κ2) is 7.84. The van der Waals surface area contributed by atoms with Crippen LogP contribution in [0.3, 0.4) is 0 Å². The van der Waals surface area contributed by atoms with Gasteiger partial charge in [-0.15, -0.1) is 0 Å². The summed E-state index contributed by atoms with van der Waals surface area (Å²) in [5, 5.41) is 2.71. The average molecular weight is 291 g/mol. The maximum atomic E-state index is 10.9. The van der Waals surface area contributed by atoms with Gasteiger partial charge < -0.3 is 14.8 Å². The number of hydrogen-bond donors (Lipinski definition) is 1. The number of ether oxygens (including phenoxy) is 2. The van der Waals surface area contributed by atoms with Gasteiger partial charge in [-0.1, -0.05) is 0 Å². The van der Waals surface area contributed by atoms with E-state index in [0.29, 0.717) is 13.2 Å². The van der Waals surface area contributed by atoms with Gasteiger partial charge in [0.15, 0.2) is 0 Å². The highest BCUT2D eigenvalue weighted by Gasteiger charge is 2.09. The van der Waals surface area contributed by atoms with Crippen LogP contribution in [0.25, 0.3) is 0 Å². The van der Waals surface area contributed by atoms with Crippen LogP contribution in [-0.4, -0.2) is 24.7 Å². The summed E-state index contributed by atoms with van der Waals surface area (Å²) >= 11 is 0. The van der Waals surface area contributed by atoms with E-state index in [1.165, 1.54) is 6.92 Å². The first-order valence-corrected chi connectivity index (χ1v) is 7.06. The third-order valence-electron chi connectivity index (χ3n) is 2.59. The van der Waals surface area contributed by atoms with Crippen LogP contribution in [0.1, 0.15) is 34.6 Å². The molecule has 4 nitrogen and oxygen atoms in total. The van der Waals surface area contributed by atoms with Gasteiger partial charge in [0.1, 0.15) is 12.4 Å². The highest BCUT2D eigenvalue weighted by atomic mass is 16.5. The van der Waals surface area contributed by atoms with Crippen molar-refractivity contribution in [2.45, 2.75) is 40.2 Å². The molecule has 0 saturated carbocycles. The van der Waals surface area contributed by atoms with E-state index in [2.05, 4.69) is 5.32 Å². The lowest BCUT2D eigenvalue weighted by Gasteiger charge is -2.19. The fraction of sp³-hybridized carbons (Fsp3) is 0.471. The smallest absolute Gasteiger partial charge is 0.221 e. The van der Waals surface area contributed by atoms with Gasteiger partial charge in [-0.2, -0.15) is 0 Å². The van der Waals surface area contributed by atoms with Gasteiger partial charge in [0.25, 0.3) is 0 Å². The number of anilines is 1. The first-order valence-electron chi connectivity index (χ1n) is 7.06. The second-order valence-corrected chi connectivity index (χ2v) is 5.97. The van der Waals surface area contributed by atoms with Gasteiger partial charge in [-0.25, -0.2) is 0 Å². The van der Waals surface area contributed by atoms with Crippen LogP contribution in [0.2, 0.25) is 0 Å². The largest absolute Gasteiger partial charge is 0.490 e. The lowest BCUT2D eigenvalue weighted by Crippen LogP contribution is -2.20. The quantitative estimate of drug-likeness (QED) is 0.811. The Hall–Kier alpha value is -1.81. The minimum Gasteiger partial charge on any atom is -0.490 e. The van der Waals surface area contributed by atoms with Crippen molar-refractivity contribution in [3.63, 3.8) is 0 Å². The summed E-state index contributed by atoms with van der Waals surface area (Å²) in [6.07, 6.45) is 2.01. The molecule has 0 spiro atoms. The van der Waals surface area contributed by atoms with E-state index >= 15 is 0 Å². The Balaban J connectivity index is 2.39. The van der Waals surface area contributed by atoms with E-state index in [0.717, 1.165) is 17.0 Å². The van der Waals surface area contributed by atoms with E-state index in [1.54, 1.807) is 0 Å². The lowest BCUT2D eigenvalue weighted by atomic mass is 10.2. The number of rotatable bonds is 6. The van der Waals surface area contributed by atoms with E-state index in [1.807, 2.05) is 58.0 Å². The molecule has 21 heavy (non-hydrogen) atoms. The predicted molar refractivity (Wildman–Crippen MR) is 85.7 cm³/mol. The van der Waals surface area contributed by atoms with Crippen molar-refractivity contribution in [2.24, 2.45) is 0 Å². The SMILES string of the molecule is CC(=O)Nc1ccc(OCC=C(C)COC(C)(C)C)cc1. The molecule has 0 aliphatic heterocycles. The molecule has 0 aliphatic rings. The van der Waals surface area contributed by atoms with Crippen molar-refractivity contribution in [3.05, 3.63) is 35.9 Å². The maximum Gasteiger partial charge on any atom is 0.221 e. The number of benzene rings is 1. The lowest BCUT2D eigenvalue weighted by molar-refractivity contribution is -0.114. The summed E-state index contributed by atoms with van der Waals surface area (Å²) in [6.45, 7) is 10.7. The molecule has 0 saturated heterocycles. The van der Waals surface area contributed by atoms with Crippen LogP contribution < -0.4 is 10.1 Å². The highest BCUT2D eigenvalue weighted by Crippen LogP contribution is 2.16. The van der Waals surface area contributed by atoms with Crippen LogP contribution >= 0.6 is 0 Å². The molecule has 0 aliphatic carbocycles. The zero-order valence-electron chi connectivity index (χ0n) is 13.5. The minimum absolute atomic E-state index is 0.0823. The fourth-order valence-corrected chi connectivity index (χ4v) is 1.51. The Morgan fingerprint density at radius 2 is 1.81 bits per heavy atom. The van der Waals surface area contributed by atoms with E-state index in [9.17, 15) is 4.79 Å². The van der Waals surface area contributed by atoms with Crippen molar-refractivity contribution < 1.29 is 14.3 Å². The van der Waals surface area contributed by atoms with Crippen molar-refractivity contribution in [2.75, 3.05) is 18.5 Å². The van der Waals surface area contributed by atoms with Crippen LogP contribution in [0, 0.1) is 0 Å². The van der Waals surface area contributed by atoms with Crippen LogP contribution in [0.15, 0.2) is 35.9 Å². The molecule has 0 fully saturated rings. The molecule has 0 radical (unpaired) electrons. The van der Waals surface area contributed by atoms with Crippen LogP contribution in [-0.2, 0) is 9.53 Å². The van der Waals surface area contributed by atoms with E-state index in [-0.39, 0.29) is 11.5 Å². The van der Waals surface area contributed by atoms with Crippen molar-refractivity contribution in [1.29, 1.82) is 0 Å². The van der Waals surface area contributed by atoms with Crippen molar-refractivity contribution in [3.8, 4) is 5.75 Å². The van der Waals surface area contributed by atoms with Crippen LogP contribution in [0.4, 0.5) is 5.69 Å². The molecular formula is C17H25NO3. The number of carbonyl (C=O) groups is 1. The van der Waals surface area contributed by atoms with E-state index in [4.69, 9.17) is 9.47 Å². The maximum absolute atomic E-state index is 10.9. The van der Waals surface area contributed by atoms with Gasteiger partial charge >= 0.3 is 0 Å². The number of amides is 1. The molecule has 1 N–H and O–H groups in total. The number of nitrogens with one attached hydrogen (secondary N) is 1. The molecule has 1 aromatic carbocycles. The standard InChI is InChI=1S/C17H25NO3/c1-13(12-21-17(3,4)5)10-11-20-16-8-6-15(7-9-16)18-14(2)19/h6-10H,11-12H2,1-5H3,(H,18,19). The molecule has 1 aromatic rings. The van der Waals surface area contributed by atoms with Gasteiger partial charge in [-0.3, -0.25) is 4.79 Å². The zero-order chi connectivity index (χ0) is 15.9. The summed E-state index contributed by atoms with van der Waals surface area (Å²) in [5.74, 6) is 0.686. The molecule has 1 rings (SSSR count). The molecular weight excluding hydrogens is 266 g/mol. The Morgan fingerprint density at radius 3 is 2.33 bits per heavy atom. The first kappa shape index (κ1) is 17.2. The topological polar surface area (TPSA) is 47.6 Å². The zero-order valence-corrected chi connectivity index (χ0v) is 13.5. The van der Waals surface area contributed by atoms with Gasteiger partial charge in [0.2, 0.25) is 5.91 Å². The Morgan fingerprint density at radius 1 is 1.19 bits per heavy atom. The molecule has 4 heteroatoms. The van der Waals surface area contributed by atoms with Crippen molar-refractivity contribution >= 4 is 11.6 Å². The number of carbonyl (C=O) groups excluding carboxylic acids is 1. The van der Waals surface area contributed by atoms with E-state index < -0.39 is 0 Å². The normalized spacial score (nSPS) is 12.1. The van der Waals surface area contributed by atoms with Crippen molar-refractivity contribution in [1.82, 2.24) is 0 Å². The molecule has 0 bridgehead atoms. The summed E-state index contributed by atoms with van der Waals surface area (Å²) in [4.78, 5) is 10.9. The minimum atomic E-state index is -0.129.